The molecule has 1 saturated carbocycles. The van der Waals surface area contributed by atoms with Crippen molar-refractivity contribution in [2.24, 2.45) is 0 Å². The Labute approximate surface area is 164 Å². The number of para-hydroxylation sites is 1. The Morgan fingerprint density at radius 1 is 1.37 bits per heavy atom. The van der Waals surface area contributed by atoms with Crippen molar-refractivity contribution in [3.05, 3.63) is 42.2 Å². The van der Waals surface area contributed by atoms with Gasteiger partial charge in [-0.05, 0) is 37.8 Å². The van der Waals surface area contributed by atoms with Gasteiger partial charge in [-0.3, -0.25) is 9.59 Å². The summed E-state index contributed by atoms with van der Waals surface area (Å²) in [5.74, 6) is -0.271. The second-order valence-corrected chi connectivity index (χ2v) is 8.17. The molecule has 144 valence electrons. The highest BCUT2D eigenvalue weighted by molar-refractivity contribution is 8.00. The van der Waals surface area contributed by atoms with E-state index in [-0.39, 0.29) is 23.6 Å². The molecule has 0 spiro atoms. The van der Waals surface area contributed by atoms with E-state index in [0.717, 1.165) is 22.8 Å². The van der Waals surface area contributed by atoms with Crippen LogP contribution in [0.15, 0.2) is 41.8 Å². The second-order valence-electron chi connectivity index (χ2n) is 6.86. The molecular weight excluding hydrogens is 360 g/mol. The molecular formula is C20H26N4O2S. The lowest BCUT2D eigenvalue weighted by molar-refractivity contribution is -0.132. The molecule has 0 radical (unpaired) electrons. The van der Waals surface area contributed by atoms with Gasteiger partial charge in [-0.25, -0.2) is 4.98 Å². The van der Waals surface area contributed by atoms with Crippen molar-refractivity contribution in [3.63, 3.8) is 0 Å². The van der Waals surface area contributed by atoms with Crippen molar-refractivity contribution in [3.8, 4) is 0 Å². The number of anilines is 1. The zero-order chi connectivity index (χ0) is 19.4. The fourth-order valence-corrected chi connectivity index (χ4v) is 4.02. The molecule has 27 heavy (non-hydrogen) atoms. The van der Waals surface area contributed by atoms with Crippen LogP contribution >= 0.6 is 11.8 Å². The predicted molar refractivity (Wildman–Crippen MR) is 108 cm³/mol. The quantitative estimate of drug-likeness (QED) is 0.707. The Kier molecular flexibility index (Phi) is 6.21. The summed E-state index contributed by atoms with van der Waals surface area (Å²) in [6, 6.07) is 8.25. The Balaban J connectivity index is 1.54. The first-order valence-corrected chi connectivity index (χ1v) is 10.2. The monoisotopic (exact) mass is 386 g/mol. The molecule has 0 saturated heterocycles. The van der Waals surface area contributed by atoms with Gasteiger partial charge in [0.25, 0.3) is 0 Å². The molecule has 7 heteroatoms. The van der Waals surface area contributed by atoms with E-state index in [1.54, 1.807) is 13.2 Å². The lowest BCUT2D eigenvalue weighted by atomic mass is 10.1. The number of rotatable bonds is 8. The van der Waals surface area contributed by atoms with Crippen molar-refractivity contribution in [2.45, 2.75) is 49.6 Å². The third-order valence-corrected chi connectivity index (χ3v) is 5.71. The molecule has 1 fully saturated rings. The molecule has 2 amide bonds. The zero-order valence-electron chi connectivity index (χ0n) is 16.0. The number of imidazole rings is 1. The number of aryl methyl sites for hydroxylation is 1. The third kappa shape index (κ3) is 4.91. The number of aromatic nitrogens is 2. The summed E-state index contributed by atoms with van der Waals surface area (Å²) in [4.78, 5) is 30.9. The standard InChI is InChI=1S/C20H26N4O2S/c1-4-15-7-5-6-8-17(15)22-18(25)13-23(3)19(26)14(2)27-20-21-11-12-24(20)16-9-10-16/h5-8,11-12,14,16H,4,9-10,13H2,1-3H3,(H,22,25). The predicted octanol–water partition coefficient (Wildman–Crippen LogP) is 3.36. The number of hydrogen-bond acceptors (Lipinski definition) is 4. The van der Waals surface area contributed by atoms with Gasteiger partial charge in [-0.2, -0.15) is 0 Å². The van der Waals surface area contributed by atoms with Gasteiger partial charge in [0.2, 0.25) is 11.8 Å². The van der Waals surface area contributed by atoms with E-state index in [2.05, 4.69) is 14.9 Å². The molecule has 1 N–H and O–H groups in total. The average molecular weight is 387 g/mol. The van der Waals surface area contributed by atoms with Crippen LogP contribution in [-0.2, 0) is 16.0 Å². The Hall–Kier alpha value is -2.28. The fraction of sp³-hybridized carbons (Fsp3) is 0.450. The maximum absolute atomic E-state index is 12.7. The van der Waals surface area contributed by atoms with Crippen LogP contribution < -0.4 is 5.32 Å². The van der Waals surface area contributed by atoms with Crippen molar-refractivity contribution in [1.29, 1.82) is 0 Å². The van der Waals surface area contributed by atoms with Gasteiger partial charge >= 0.3 is 0 Å². The Bertz CT molecular complexity index is 816. The number of benzene rings is 1. The molecule has 1 heterocycles. The first-order chi connectivity index (χ1) is 13.0. The van der Waals surface area contributed by atoms with Gasteiger partial charge in [-0.1, -0.05) is 36.9 Å². The lowest BCUT2D eigenvalue weighted by Gasteiger charge is -2.21. The zero-order valence-corrected chi connectivity index (χ0v) is 16.8. The topological polar surface area (TPSA) is 67.2 Å². The van der Waals surface area contributed by atoms with Gasteiger partial charge in [0.05, 0.1) is 11.8 Å². The Morgan fingerprint density at radius 3 is 2.81 bits per heavy atom. The van der Waals surface area contributed by atoms with Crippen LogP contribution in [0.1, 0.15) is 38.3 Å². The molecule has 1 unspecified atom stereocenters. The third-order valence-electron chi connectivity index (χ3n) is 4.63. The molecule has 1 aromatic carbocycles. The molecule has 1 aliphatic rings. The maximum atomic E-state index is 12.7. The normalized spacial score (nSPS) is 14.6. The van der Waals surface area contributed by atoms with E-state index < -0.39 is 0 Å². The van der Waals surface area contributed by atoms with Crippen molar-refractivity contribution in [2.75, 3.05) is 18.9 Å². The van der Waals surface area contributed by atoms with Crippen molar-refractivity contribution in [1.82, 2.24) is 14.5 Å². The summed E-state index contributed by atoms with van der Waals surface area (Å²) < 4.78 is 2.14. The van der Waals surface area contributed by atoms with Crippen LogP contribution in [0.2, 0.25) is 0 Å². The molecule has 2 aromatic rings. The van der Waals surface area contributed by atoms with Crippen LogP contribution in [0.4, 0.5) is 5.69 Å². The minimum Gasteiger partial charge on any atom is -0.335 e. The molecule has 0 bridgehead atoms. The number of nitrogens with zero attached hydrogens (tertiary/aromatic N) is 3. The summed E-state index contributed by atoms with van der Waals surface area (Å²) in [6.45, 7) is 3.93. The fourth-order valence-electron chi connectivity index (χ4n) is 2.97. The summed E-state index contributed by atoms with van der Waals surface area (Å²) in [5, 5.41) is 3.48. The van der Waals surface area contributed by atoms with Crippen LogP contribution in [0.25, 0.3) is 0 Å². The SMILES string of the molecule is CCc1ccccc1NC(=O)CN(C)C(=O)C(C)Sc1nccn1C1CC1. The highest BCUT2D eigenvalue weighted by Crippen LogP contribution is 2.38. The van der Waals surface area contributed by atoms with E-state index in [9.17, 15) is 9.59 Å². The summed E-state index contributed by atoms with van der Waals surface area (Å²) in [6.07, 6.45) is 6.93. The lowest BCUT2D eigenvalue weighted by Crippen LogP contribution is -2.39. The largest absolute Gasteiger partial charge is 0.335 e. The van der Waals surface area contributed by atoms with Gasteiger partial charge in [0.15, 0.2) is 5.16 Å². The molecule has 0 aliphatic heterocycles. The van der Waals surface area contributed by atoms with E-state index in [0.29, 0.717) is 6.04 Å². The minimum absolute atomic E-state index is 0.0266. The number of amides is 2. The van der Waals surface area contributed by atoms with Crippen LogP contribution in [0.5, 0.6) is 0 Å². The summed E-state index contributed by atoms with van der Waals surface area (Å²) >= 11 is 1.45. The molecule has 1 aromatic heterocycles. The van der Waals surface area contributed by atoms with Crippen LogP contribution in [0.3, 0.4) is 0 Å². The molecule has 3 rings (SSSR count). The Morgan fingerprint density at radius 2 is 2.11 bits per heavy atom. The average Bonchev–Trinajstić information content (AvgIpc) is 3.40. The molecule has 6 nitrogen and oxygen atoms in total. The smallest absolute Gasteiger partial charge is 0.243 e. The summed E-state index contributed by atoms with van der Waals surface area (Å²) in [5.41, 5.74) is 1.88. The molecule has 1 atom stereocenters. The van der Waals surface area contributed by atoms with Gasteiger partial charge in [-0.15, -0.1) is 0 Å². The first kappa shape index (κ1) is 19.5. The minimum atomic E-state index is -0.300. The van der Waals surface area contributed by atoms with E-state index >= 15 is 0 Å². The van der Waals surface area contributed by atoms with Crippen LogP contribution in [0, 0.1) is 0 Å². The van der Waals surface area contributed by atoms with E-state index in [1.165, 1.54) is 29.5 Å². The summed E-state index contributed by atoms with van der Waals surface area (Å²) in [7, 11) is 1.66. The molecule has 1 aliphatic carbocycles. The second kappa shape index (κ2) is 8.61. The highest BCUT2D eigenvalue weighted by atomic mass is 32.2. The van der Waals surface area contributed by atoms with Crippen molar-refractivity contribution < 1.29 is 9.59 Å². The van der Waals surface area contributed by atoms with E-state index in [1.807, 2.05) is 44.3 Å². The first-order valence-electron chi connectivity index (χ1n) is 9.31. The highest BCUT2D eigenvalue weighted by Gasteiger charge is 2.28. The number of carbonyl (C=O) groups excluding carboxylic acids is 2. The number of nitrogens with one attached hydrogen (secondary N) is 1. The number of carbonyl (C=O) groups is 2. The van der Waals surface area contributed by atoms with Gasteiger partial charge in [0.1, 0.15) is 0 Å². The van der Waals surface area contributed by atoms with Gasteiger partial charge < -0.3 is 14.8 Å². The van der Waals surface area contributed by atoms with E-state index in [4.69, 9.17) is 0 Å². The number of likely N-dealkylation sites (N-methyl/N-ethyl adjacent to an activating group) is 1. The van der Waals surface area contributed by atoms with Gasteiger partial charge in [0, 0.05) is 31.2 Å². The number of hydrogen-bond donors (Lipinski definition) is 1. The maximum Gasteiger partial charge on any atom is 0.243 e. The van der Waals surface area contributed by atoms with Crippen molar-refractivity contribution >= 4 is 29.3 Å². The number of thioether (sulfide) groups is 1. The van der Waals surface area contributed by atoms with Crippen LogP contribution in [-0.4, -0.2) is 45.1 Å².